The molecule has 0 radical (unpaired) electrons. The summed E-state index contributed by atoms with van der Waals surface area (Å²) in [4.78, 5) is 12.4. The minimum Gasteiger partial charge on any atom is -0.346 e. The number of benzene rings is 1. The molecule has 2 aromatic rings. The number of hydrogen-bond acceptors (Lipinski definition) is 5. The SMILES string of the molecule is Cc1ccc(CCC2(Cn3ccnc3)OCCO2)cc1.O=[N+]([O-])O. The Hall–Kier alpha value is -2.45. The van der Waals surface area contributed by atoms with Gasteiger partial charge < -0.3 is 19.2 Å². The van der Waals surface area contributed by atoms with Crippen LogP contribution in [0.25, 0.3) is 0 Å². The maximum atomic E-state index is 8.36. The summed E-state index contributed by atoms with van der Waals surface area (Å²) in [7, 11) is 0. The normalized spacial score (nSPS) is 15.5. The lowest BCUT2D eigenvalue weighted by Crippen LogP contribution is -2.35. The van der Waals surface area contributed by atoms with Crippen LogP contribution in [0.5, 0.6) is 0 Å². The number of rotatable bonds is 5. The maximum absolute atomic E-state index is 8.36. The standard InChI is InChI=1S/C16H20N2O2.HNO3/c1-14-2-4-15(5-3-14)6-7-16(19-10-11-20-16)12-18-9-8-17-13-18;2-1(3)4/h2-5,8-9,13H,6-7,10-12H2,1H3;(H,2,3,4). The van der Waals surface area contributed by atoms with Crippen molar-refractivity contribution in [2.45, 2.75) is 32.1 Å². The molecular weight excluding hydrogens is 314 g/mol. The second-order valence-corrected chi connectivity index (χ2v) is 5.57. The third kappa shape index (κ3) is 5.64. The predicted molar refractivity (Wildman–Crippen MR) is 85.1 cm³/mol. The Balaban J connectivity index is 0.000000471. The van der Waals surface area contributed by atoms with Gasteiger partial charge in [-0.25, -0.2) is 4.98 Å². The Labute approximate surface area is 139 Å². The van der Waals surface area contributed by atoms with E-state index in [9.17, 15) is 0 Å². The molecule has 1 N–H and O–H groups in total. The molecule has 0 aliphatic carbocycles. The second-order valence-electron chi connectivity index (χ2n) is 5.57. The molecule has 24 heavy (non-hydrogen) atoms. The smallest absolute Gasteiger partial charge is 0.291 e. The van der Waals surface area contributed by atoms with Crippen LogP contribution < -0.4 is 0 Å². The van der Waals surface area contributed by atoms with Crippen molar-refractivity contribution in [3.05, 3.63) is 64.2 Å². The van der Waals surface area contributed by atoms with Crippen LogP contribution in [0.1, 0.15) is 17.5 Å². The van der Waals surface area contributed by atoms with Crippen LogP contribution >= 0.6 is 0 Å². The van der Waals surface area contributed by atoms with E-state index >= 15 is 0 Å². The summed E-state index contributed by atoms with van der Waals surface area (Å²) < 4.78 is 13.8. The van der Waals surface area contributed by atoms with E-state index in [1.54, 1.807) is 12.5 Å². The molecule has 1 aromatic heterocycles. The number of nitrogens with zero attached hydrogens (tertiary/aromatic N) is 3. The molecule has 8 heteroatoms. The first kappa shape index (κ1) is 17.9. The van der Waals surface area contributed by atoms with Crippen LogP contribution in [0.4, 0.5) is 0 Å². The minimum absolute atomic E-state index is 0.508. The third-order valence-electron chi connectivity index (χ3n) is 3.71. The molecule has 0 saturated carbocycles. The zero-order valence-corrected chi connectivity index (χ0v) is 13.5. The van der Waals surface area contributed by atoms with Crippen molar-refractivity contribution in [1.29, 1.82) is 0 Å². The summed E-state index contributed by atoms with van der Waals surface area (Å²) in [6.07, 6.45) is 7.34. The van der Waals surface area contributed by atoms with Crippen molar-refractivity contribution in [3.63, 3.8) is 0 Å². The molecular formula is C16H21N3O5. The number of aromatic nitrogens is 2. The molecule has 1 saturated heterocycles. The van der Waals surface area contributed by atoms with Crippen molar-refractivity contribution < 1.29 is 19.8 Å². The molecule has 0 unspecified atom stereocenters. The fraction of sp³-hybridized carbons (Fsp3) is 0.438. The van der Waals surface area contributed by atoms with Crippen LogP contribution in [0.15, 0.2) is 43.0 Å². The summed E-state index contributed by atoms with van der Waals surface area (Å²) in [6.45, 7) is 4.14. The van der Waals surface area contributed by atoms with Crippen LogP contribution in [0.3, 0.4) is 0 Å². The summed E-state index contributed by atoms with van der Waals surface area (Å²) in [6, 6.07) is 8.65. The van der Waals surface area contributed by atoms with Crippen molar-refractivity contribution in [2.24, 2.45) is 0 Å². The Kier molecular flexibility index (Phi) is 6.28. The van der Waals surface area contributed by atoms with Gasteiger partial charge in [-0.3, -0.25) is 0 Å². The van der Waals surface area contributed by atoms with E-state index < -0.39 is 10.9 Å². The minimum atomic E-state index is -1.50. The van der Waals surface area contributed by atoms with E-state index in [4.69, 9.17) is 24.8 Å². The summed E-state index contributed by atoms with van der Waals surface area (Å²) in [5, 5.41) is 13.6. The Bertz CT molecular complexity index is 618. The van der Waals surface area contributed by atoms with Gasteiger partial charge in [0, 0.05) is 18.8 Å². The highest BCUT2D eigenvalue weighted by atomic mass is 16.9. The summed E-state index contributed by atoms with van der Waals surface area (Å²) >= 11 is 0. The predicted octanol–water partition coefficient (Wildman–Crippen LogP) is 2.22. The molecule has 2 heterocycles. The highest BCUT2D eigenvalue weighted by molar-refractivity contribution is 5.21. The number of ether oxygens (including phenoxy) is 2. The van der Waals surface area contributed by atoms with Crippen molar-refractivity contribution in [2.75, 3.05) is 13.2 Å². The first-order valence-electron chi connectivity index (χ1n) is 7.62. The fourth-order valence-electron chi connectivity index (χ4n) is 2.56. The Morgan fingerprint density at radius 1 is 1.33 bits per heavy atom. The van der Waals surface area contributed by atoms with E-state index in [1.165, 1.54) is 11.1 Å². The average Bonchev–Trinajstić information content (AvgIpc) is 3.19. The largest absolute Gasteiger partial charge is 0.346 e. The van der Waals surface area contributed by atoms with Gasteiger partial charge in [0.1, 0.15) is 0 Å². The van der Waals surface area contributed by atoms with Crippen LogP contribution in [-0.2, 0) is 22.4 Å². The van der Waals surface area contributed by atoms with E-state index in [1.807, 2.05) is 10.8 Å². The van der Waals surface area contributed by atoms with Crippen LogP contribution in [0, 0.1) is 17.0 Å². The van der Waals surface area contributed by atoms with E-state index in [-0.39, 0.29) is 0 Å². The van der Waals surface area contributed by atoms with Gasteiger partial charge in [0.25, 0.3) is 5.09 Å². The molecule has 130 valence electrons. The number of imidazole rings is 1. The van der Waals surface area contributed by atoms with Gasteiger partial charge in [0.15, 0.2) is 5.79 Å². The van der Waals surface area contributed by atoms with E-state index in [2.05, 4.69) is 36.2 Å². The van der Waals surface area contributed by atoms with Gasteiger partial charge >= 0.3 is 0 Å². The Morgan fingerprint density at radius 3 is 2.50 bits per heavy atom. The van der Waals surface area contributed by atoms with Gasteiger partial charge in [-0.2, -0.15) is 0 Å². The first-order chi connectivity index (χ1) is 11.5. The van der Waals surface area contributed by atoms with Gasteiger partial charge in [-0.05, 0) is 18.9 Å². The quantitative estimate of drug-likeness (QED) is 0.664. The number of hydrogen-bond donors (Lipinski definition) is 1. The zero-order valence-electron chi connectivity index (χ0n) is 13.5. The molecule has 3 rings (SSSR count). The molecule has 8 nitrogen and oxygen atoms in total. The molecule has 1 aromatic carbocycles. The monoisotopic (exact) mass is 335 g/mol. The van der Waals surface area contributed by atoms with Crippen molar-refractivity contribution >= 4 is 0 Å². The molecule has 0 atom stereocenters. The third-order valence-corrected chi connectivity index (χ3v) is 3.71. The highest BCUT2D eigenvalue weighted by Crippen LogP contribution is 2.27. The molecule has 1 aliphatic rings. The van der Waals surface area contributed by atoms with Gasteiger partial charge in [-0.15, -0.1) is 10.1 Å². The summed E-state index contributed by atoms with van der Waals surface area (Å²) in [5.74, 6) is -0.508. The van der Waals surface area contributed by atoms with Crippen LogP contribution in [-0.4, -0.2) is 38.8 Å². The highest BCUT2D eigenvalue weighted by Gasteiger charge is 2.36. The lowest BCUT2D eigenvalue weighted by molar-refractivity contribution is -0.742. The molecule has 1 aliphatic heterocycles. The lowest BCUT2D eigenvalue weighted by atomic mass is 10.0. The average molecular weight is 335 g/mol. The second kappa shape index (κ2) is 8.42. The Morgan fingerprint density at radius 2 is 1.96 bits per heavy atom. The van der Waals surface area contributed by atoms with Crippen LogP contribution in [0.2, 0.25) is 0 Å². The van der Waals surface area contributed by atoms with Gasteiger partial charge in [0.05, 0.1) is 26.1 Å². The van der Waals surface area contributed by atoms with Gasteiger partial charge in [-0.1, -0.05) is 29.8 Å². The first-order valence-corrected chi connectivity index (χ1v) is 7.62. The van der Waals surface area contributed by atoms with Gasteiger partial charge in [0.2, 0.25) is 0 Å². The fourth-order valence-corrected chi connectivity index (χ4v) is 2.56. The lowest BCUT2D eigenvalue weighted by Gasteiger charge is -2.27. The van der Waals surface area contributed by atoms with E-state index in [0.717, 1.165) is 12.8 Å². The van der Waals surface area contributed by atoms with Crippen molar-refractivity contribution in [1.82, 2.24) is 9.55 Å². The molecule has 0 amide bonds. The summed E-state index contributed by atoms with van der Waals surface area (Å²) in [5.41, 5.74) is 2.61. The van der Waals surface area contributed by atoms with E-state index in [0.29, 0.717) is 19.8 Å². The molecule has 0 spiro atoms. The molecule has 0 bridgehead atoms. The number of aryl methyl sites for hydroxylation is 2. The van der Waals surface area contributed by atoms with Crippen molar-refractivity contribution in [3.8, 4) is 0 Å². The maximum Gasteiger partial charge on any atom is 0.291 e. The molecule has 1 fully saturated rings. The zero-order chi connectivity index (χ0) is 17.4. The topological polar surface area (TPSA) is 99.7 Å².